The van der Waals surface area contributed by atoms with Gasteiger partial charge >= 0.3 is 0 Å². The zero-order valence-electron chi connectivity index (χ0n) is 9.25. The van der Waals surface area contributed by atoms with E-state index in [2.05, 4.69) is 19.9 Å². The fourth-order valence-electron chi connectivity index (χ4n) is 1.69. The van der Waals surface area contributed by atoms with Crippen LogP contribution in [0.2, 0.25) is 0 Å². The lowest BCUT2D eigenvalue weighted by atomic mass is 9.86. The number of hydrogen-bond acceptors (Lipinski definition) is 1. The van der Waals surface area contributed by atoms with Gasteiger partial charge in [-0.15, -0.1) is 0 Å². The molecular weight excluding hydrogens is 198 g/mol. The Bertz CT molecular complexity index is 242. The first-order valence-corrected chi connectivity index (χ1v) is 5.32. The van der Waals surface area contributed by atoms with Crippen molar-refractivity contribution in [3.63, 3.8) is 0 Å². The van der Waals surface area contributed by atoms with Gasteiger partial charge in [0.1, 0.15) is 0 Å². The van der Waals surface area contributed by atoms with E-state index in [1.54, 1.807) is 0 Å². The lowest BCUT2D eigenvalue weighted by Gasteiger charge is -2.23. The average Bonchev–Trinajstić information content (AvgIpc) is 2.22. The van der Waals surface area contributed by atoms with E-state index in [0.717, 1.165) is 5.57 Å². The van der Waals surface area contributed by atoms with Crippen LogP contribution in [0.1, 0.15) is 20.3 Å². The van der Waals surface area contributed by atoms with Crippen molar-refractivity contribution in [2.45, 2.75) is 26.4 Å². The van der Waals surface area contributed by atoms with Gasteiger partial charge in [0.2, 0.25) is 0 Å². The van der Waals surface area contributed by atoms with Crippen molar-refractivity contribution in [1.29, 1.82) is 0 Å². The fourth-order valence-corrected chi connectivity index (χ4v) is 1.69. The smallest absolute Gasteiger partial charge is 0.189 e. The summed E-state index contributed by atoms with van der Waals surface area (Å²) < 4.78 is 29.2. The van der Waals surface area contributed by atoms with Crippen LogP contribution >= 0.6 is 0 Å². The molecule has 2 unspecified atom stereocenters. The summed E-state index contributed by atoms with van der Waals surface area (Å²) in [6.45, 7) is 2.87. The fraction of sp³-hybridized carbons (Fsp3) is 0.667. The quantitative estimate of drug-likeness (QED) is 0.684. The molecule has 0 aromatic heterocycles. The predicted molar refractivity (Wildman–Crippen MR) is 57.0 cm³/mol. The van der Waals surface area contributed by atoms with E-state index in [9.17, 15) is 8.78 Å². The maximum Gasteiger partial charge on any atom is 0.189 e. The minimum atomic E-state index is -0.861. The van der Waals surface area contributed by atoms with Gasteiger partial charge in [-0.25, -0.2) is 4.39 Å². The van der Waals surface area contributed by atoms with Gasteiger partial charge in [-0.2, -0.15) is 0 Å². The zero-order valence-corrected chi connectivity index (χ0v) is 9.25. The molecule has 3 atom stereocenters. The van der Waals surface area contributed by atoms with Crippen molar-refractivity contribution in [3.05, 3.63) is 23.8 Å². The van der Waals surface area contributed by atoms with Crippen molar-refractivity contribution in [2.75, 3.05) is 13.5 Å². The number of ether oxygens (including phenoxy) is 1. The second-order valence-corrected chi connectivity index (χ2v) is 3.99. The molecule has 0 spiro atoms. The van der Waals surface area contributed by atoms with E-state index >= 15 is 0 Å². The van der Waals surface area contributed by atoms with Crippen LogP contribution < -0.4 is 0 Å². The third-order valence-corrected chi connectivity index (χ3v) is 2.88. The molecule has 0 saturated carbocycles. The predicted octanol–water partition coefficient (Wildman–Crippen LogP) is 3.43. The summed E-state index contributed by atoms with van der Waals surface area (Å²) >= 11 is 0. The highest BCUT2D eigenvalue weighted by atomic mass is 19.1. The molecule has 1 aliphatic rings. The lowest BCUT2D eigenvalue weighted by molar-refractivity contribution is 0.00898. The average molecular weight is 216 g/mol. The van der Waals surface area contributed by atoms with Crippen LogP contribution in [0, 0.1) is 11.8 Å². The third-order valence-electron chi connectivity index (χ3n) is 2.88. The SMILES string of the molecule is CC1C=CC([C@H](CCF)OCF)=CC1C. The summed E-state index contributed by atoms with van der Waals surface area (Å²) in [4.78, 5) is 0. The molecule has 0 amide bonds. The van der Waals surface area contributed by atoms with Gasteiger partial charge in [-0.1, -0.05) is 32.1 Å². The molecule has 0 bridgehead atoms. The molecule has 0 aliphatic heterocycles. The minimum absolute atomic E-state index is 0.223. The van der Waals surface area contributed by atoms with Gasteiger partial charge in [-0.3, -0.25) is 4.39 Å². The van der Waals surface area contributed by atoms with Crippen molar-refractivity contribution in [1.82, 2.24) is 0 Å². The van der Waals surface area contributed by atoms with E-state index in [1.807, 2.05) is 12.2 Å². The van der Waals surface area contributed by atoms with Gasteiger partial charge in [0, 0.05) is 6.42 Å². The number of alkyl halides is 2. The Labute approximate surface area is 89.8 Å². The highest BCUT2D eigenvalue weighted by Crippen LogP contribution is 2.26. The van der Waals surface area contributed by atoms with Crippen molar-refractivity contribution in [2.24, 2.45) is 11.8 Å². The van der Waals surface area contributed by atoms with Crippen LogP contribution in [0.3, 0.4) is 0 Å². The Morgan fingerprint density at radius 1 is 1.33 bits per heavy atom. The molecule has 86 valence electrons. The van der Waals surface area contributed by atoms with Gasteiger partial charge in [0.05, 0.1) is 12.8 Å². The molecule has 1 nitrogen and oxygen atoms in total. The summed E-state index contributed by atoms with van der Waals surface area (Å²) in [6.07, 6.45) is 5.81. The summed E-state index contributed by atoms with van der Waals surface area (Å²) in [6, 6.07) is 0. The summed E-state index contributed by atoms with van der Waals surface area (Å²) in [5, 5.41) is 0. The van der Waals surface area contributed by atoms with E-state index in [0.29, 0.717) is 11.8 Å². The lowest BCUT2D eigenvalue weighted by Crippen LogP contribution is -2.19. The normalized spacial score (nSPS) is 27.6. The molecule has 15 heavy (non-hydrogen) atoms. The van der Waals surface area contributed by atoms with E-state index in [1.165, 1.54) is 0 Å². The first-order valence-electron chi connectivity index (χ1n) is 5.32. The molecule has 0 heterocycles. The first-order chi connectivity index (χ1) is 7.19. The maximum atomic E-state index is 12.2. The standard InChI is InChI=1S/C12H18F2O/c1-9-3-4-11(7-10(9)2)12(5-6-13)15-8-14/h3-4,7,9-10,12H,5-6,8H2,1-2H3/t9?,10?,12-/m0/s1. The highest BCUT2D eigenvalue weighted by molar-refractivity contribution is 5.28. The van der Waals surface area contributed by atoms with E-state index in [-0.39, 0.29) is 6.42 Å². The zero-order chi connectivity index (χ0) is 11.3. The van der Waals surface area contributed by atoms with Crippen molar-refractivity contribution < 1.29 is 13.5 Å². The summed E-state index contributed by atoms with van der Waals surface area (Å²) in [5.74, 6) is 0.875. The van der Waals surface area contributed by atoms with E-state index < -0.39 is 19.6 Å². The number of halogens is 2. The topological polar surface area (TPSA) is 9.23 Å². The van der Waals surface area contributed by atoms with Crippen LogP contribution in [0.25, 0.3) is 0 Å². The summed E-state index contributed by atoms with van der Waals surface area (Å²) in [5.41, 5.74) is 0.899. The number of allylic oxidation sites excluding steroid dienone is 2. The monoisotopic (exact) mass is 216 g/mol. The minimum Gasteiger partial charge on any atom is -0.342 e. The first kappa shape index (κ1) is 12.4. The van der Waals surface area contributed by atoms with Gasteiger partial charge < -0.3 is 4.74 Å². The molecule has 1 rings (SSSR count). The molecule has 0 N–H and O–H groups in total. The molecular formula is C12H18F2O. The molecule has 0 fully saturated rings. The van der Waals surface area contributed by atoms with Crippen LogP contribution in [-0.2, 0) is 4.74 Å². The Morgan fingerprint density at radius 2 is 2.07 bits per heavy atom. The second kappa shape index (κ2) is 6.01. The Kier molecular flexibility index (Phi) is 4.95. The van der Waals surface area contributed by atoms with Crippen LogP contribution in [0.4, 0.5) is 8.78 Å². The number of hydrogen-bond donors (Lipinski definition) is 0. The molecule has 0 saturated heterocycles. The molecule has 0 aromatic rings. The third kappa shape index (κ3) is 3.42. The van der Waals surface area contributed by atoms with Gasteiger partial charge in [0.15, 0.2) is 6.86 Å². The second-order valence-electron chi connectivity index (χ2n) is 3.99. The Hall–Kier alpha value is -0.700. The van der Waals surface area contributed by atoms with E-state index in [4.69, 9.17) is 4.74 Å². The van der Waals surface area contributed by atoms with Crippen molar-refractivity contribution in [3.8, 4) is 0 Å². The van der Waals surface area contributed by atoms with Crippen molar-refractivity contribution >= 4 is 0 Å². The largest absolute Gasteiger partial charge is 0.342 e. The van der Waals surface area contributed by atoms with Crippen LogP contribution in [0.15, 0.2) is 23.8 Å². The summed E-state index contributed by atoms with van der Waals surface area (Å²) in [7, 11) is 0. The van der Waals surface area contributed by atoms with Crippen LogP contribution in [0.5, 0.6) is 0 Å². The molecule has 0 radical (unpaired) electrons. The Morgan fingerprint density at radius 3 is 2.60 bits per heavy atom. The molecule has 0 aromatic carbocycles. The Balaban J connectivity index is 2.67. The van der Waals surface area contributed by atoms with Gasteiger partial charge in [0.25, 0.3) is 0 Å². The highest BCUT2D eigenvalue weighted by Gasteiger charge is 2.19. The van der Waals surface area contributed by atoms with Gasteiger partial charge in [-0.05, 0) is 17.4 Å². The van der Waals surface area contributed by atoms with Crippen LogP contribution in [-0.4, -0.2) is 19.6 Å². The number of rotatable bonds is 5. The molecule has 1 aliphatic carbocycles. The maximum absolute atomic E-state index is 12.2. The molecule has 3 heteroatoms.